The molecule has 0 saturated carbocycles. The van der Waals surface area contributed by atoms with E-state index in [9.17, 15) is 24.3 Å². The topological polar surface area (TPSA) is 137 Å². The third kappa shape index (κ3) is 7.22. The number of ether oxygens (including phenoxy) is 1. The molecule has 2 aromatic carbocycles. The number of carbonyl (C=O) groups is 4. The van der Waals surface area contributed by atoms with Crippen molar-refractivity contribution in [3.8, 4) is 0 Å². The highest BCUT2D eigenvalue weighted by Gasteiger charge is 2.36. The third-order valence-electron chi connectivity index (χ3n) is 5.37. The lowest BCUT2D eigenvalue weighted by Gasteiger charge is -2.25. The van der Waals surface area contributed by atoms with Gasteiger partial charge in [-0.1, -0.05) is 60.7 Å². The van der Waals surface area contributed by atoms with Crippen molar-refractivity contribution in [2.24, 2.45) is 0 Å². The van der Waals surface area contributed by atoms with Crippen LogP contribution in [0.5, 0.6) is 0 Å². The average molecular weight is 469 g/mol. The minimum Gasteiger partial charge on any atom is -0.480 e. The van der Waals surface area contributed by atoms with Gasteiger partial charge in [0.25, 0.3) is 0 Å². The van der Waals surface area contributed by atoms with Crippen LogP contribution in [0.2, 0.25) is 0 Å². The van der Waals surface area contributed by atoms with Crippen molar-refractivity contribution in [1.82, 2.24) is 20.9 Å². The number of likely N-dealkylation sites (tertiary alicyclic amines) is 1. The molecule has 0 bridgehead atoms. The Hall–Kier alpha value is -4.08. The maximum absolute atomic E-state index is 12.8. The molecule has 2 aromatic rings. The average Bonchev–Trinajstić information content (AvgIpc) is 3.35. The number of benzene rings is 2. The monoisotopic (exact) mass is 468 g/mol. The largest absolute Gasteiger partial charge is 0.480 e. The number of nitrogens with one attached hydrogen (secondary N) is 3. The first-order valence-electron chi connectivity index (χ1n) is 11.0. The number of carbonyl (C=O) groups excluding carboxylic acids is 3. The second-order valence-corrected chi connectivity index (χ2v) is 7.84. The molecule has 1 heterocycles. The zero-order valence-electron chi connectivity index (χ0n) is 18.6. The first-order valence-corrected chi connectivity index (χ1v) is 11.0. The number of amides is 4. The minimum atomic E-state index is -1.35. The highest BCUT2D eigenvalue weighted by molar-refractivity contribution is 5.90. The molecule has 0 radical (unpaired) electrons. The second kappa shape index (κ2) is 12.2. The fourth-order valence-corrected chi connectivity index (χ4v) is 3.56. The molecule has 4 N–H and O–H groups in total. The molecule has 1 aliphatic rings. The van der Waals surface area contributed by atoms with E-state index >= 15 is 0 Å². The number of hydrogen-bond donors (Lipinski definition) is 4. The Morgan fingerprint density at radius 2 is 1.62 bits per heavy atom. The van der Waals surface area contributed by atoms with Crippen molar-refractivity contribution < 1.29 is 29.0 Å². The predicted molar refractivity (Wildman–Crippen MR) is 123 cm³/mol. The SMILES string of the molecule is O=C(NCc1ccccc1)NC[C@H](NC(=O)[C@@H]1CCCN1C(=O)OCc1ccccc1)C(=O)O. The summed E-state index contributed by atoms with van der Waals surface area (Å²) in [7, 11) is 0. The summed E-state index contributed by atoms with van der Waals surface area (Å²) in [5, 5.41) is 17.0. The van der Waals surface area contributed by atoms with Gasteiger partial charge in [-0.15, -0.1) is 0 Å². The summed E-state index contributed by atoms with van der Waals surface area (Å²) in [6, 6.07) is 15.6. The normalized spacial score (nSPS) is 15.8. The number of rotatable bonds is 9. The molecule has 180 valence electrons. The molecule has 1 fully saturated rings. The van der Waals surface area contributed by atoms with Crippen molar-refractivity contribution in [1.29, 1.82) is 0 Å². The molecular formula is C24H28N4O6. The fraction of sp³-hybridized carbons (Fsp3) is 0.333. The molecule has 0 aromatic heterocycles. The summed E-state index contributed by atoms with van der Waals surface area (Å²) in [4.78, 5) is 50.2. The highest BCUT2D eigenvalue weighted by Crippen LogP contribution is 2.19. The van der Waals surface area contributed by atoms with Gasteiger partial charge in [0, 0.05) is 13.1 Å². The lowest BCUT2D eigenvalue weighted by molar-refractivity contribution is -0.142. The van der Waals surface area contributed by atoms with Gasteiger partial charge in [-0.2, -0.15) is 0 Å². The Bertz CT molecular complexity index is 985. The number of carboxylic acid groups (broad SMARTS) is 1. The molecule has 2 atom stereocenters. The van der Waals surface area contributed by atoms with Crippen LogP contribution >= 0.6 is 0 Å². The molecule has 0 unspecified atom stereocenters. The van der Waals surface area contributed by atoms with Gasteiger partial charge in [0.15, 0.2) is 0 Å². The van der Waals surface area contributed by atoms with Crippen LogP contribution in [0.15, 0.2) is 60.7 Å². The summed E-state index contributed by atoms with van der Waals surface area (Å²) in [5.74, 6) is -1.90. The van der Waals surface area contributed by atoms with Gasteiger partial charge in [0.2, 0.25) is 5.91 Å². The summed E-state index contributed by atoms with van der Waals surface area (Å²) in [5.41, 5.74) is 1.71. The van der Waals surface area contributed by atoms with E-state index in [1.165, 1.54) is 4.90 Å². The Kier molecular flexibility index (Phi) is 8.84. The predicted octanol–water partition coefficient (Wildman–Crippen LogP) is 1.86. The molecule has 10 heteroatoms. The summed E-state index contributed by atoms with van der Waals surface area (Å²) in [6.45, 7) is 0.375. The van der Waals surface area contributed by atoms with Gasteiger partial charge in [0.1, 0.15) is 18.7 Å². The number of aliphatic carboxylic acids is 1. The maximum atomic E-state index is 12.8. The van der Waals surface area contributed by atoms with Crippen LogP contribution < -0.4 is 16.0 Å². The Morgan fingerprint density at radius 1 is 0.971 bits per heavy atom. The van der Waals surface area contributed by atoms with Crippen LogP contribution in [-0.2, 0) is 27.5 Å². The van der Waals surface area contributed by atoms with E-state index in [1.54, 1.807) is 0 Å². The molecule has 0 spiro atoms. The van der Waals surface area contributed by atoms with Crippen molar-refractivity contribution in [2.45, 2.75) is 38.1 Å². The van der Waals surface area contributed by atoms with Gasteiger partial charge in [-0.05, 0) is 24.0 Å². The Balaban J connectivity index is 1.48. The van der Waals surface area contributed by atoms with E-state index in [-0.39, 0.29) is 19.7 Å². The summed E-state index contributed by atoms with van der Waals surface area (Å²) in [6.07, 6.45) is 0.354. The van der Waals surface area contributed by atoms with Gasteiger partial charge >= 0.3 is 18.1 Å². The number of carboxylic acids is 1. The quantitative estimate of drug-likeness (QED) is 0.443. The Morgan fingerprint density at radius 3 is 2.26 bits per heavy atom. The van der Waals surface area contributed by atoms with Crippen molar-refractivity contribution in [3.63, 3.8) is 0 Å². The molecule has 10 nitrogen and oxygen atoms in total. The van der Waals surface area contributed by atoms with E-state index in [4.69, 9.17) is 4.74 Å². The van der Waals surface area contributed by atoms with Crippen LogP contribution in [0.3, 0.4) is 0 Å². The second-order valence-electron chi connectivity index (χ2n) is 7.84. The van der Waals surface area contributed by atoms with Gasteiger partial charge in [0.05, 0.1) is 6.54 Å². The van der Waals surface area contributed by atoms with E-state index in [0.717, 1.165) is 11.1 Å². The summed E-state index contributed by atoms with van der Waals surface area (Å²) < 4.78 is 5.31. The molecule has 0 aliphatic carbocycles. The number of urea groups is 1. The number of nitrogens with zero attached hydrogens (tertiary/aromatic N) is 1. The molecular weight excluding hydrogens is 440 g/mol. The first-order chi connectivity index (χ1) is 16.4. The van der Waals surface area contributed by atoms with Crippen LogP contribution in [0.25, 0.3) is 0 Å². The zero-order valence-corrected chi connectivity index (χ0v) is 18.6. The fourth-order valence-electron chi connectivity index (χ4n) is 3.56. The molecule has 1 saturated heterocycles. The van der Waals surface area contributed by atoms with E-state index < -0.39 is 36.1 Å². The van der Waals surface area contributed by atoms with Crippen LogP contribution in [0.4, 0.5) is 9.59 Å². The molecule has 3 rings (SSSR count). The first kappa shape index (κ1) is 24.6. The highest BCUT2D eigenvalue weighted by atomic mass is 16.6. The van der Waals surface area contributed by atoms with E-state index in [0.29, 0.717) is 19.4 Å². The lowest BCUT2D eigenvalue weighted by Crippen LogP contribution is -2.54. The number of hydrogen-bond acceptors (Lipinski definition) is 5. The van der Waals surface area contributed by atoms with Crippen LogP contribution in [0, 0.1) is 0 Å². The van der Waals surface area contributed by atoms with Crippen molar-refractivity contribution >= 4 is 24.0 Å². The molecule has 4 amide bonds. The van der Waals surface area contributed by atoms with Gasteiger partial charge in [-0.3, -0.25) is 9.69 Å². The van der Waals surface area contributed by atoms with Gasteiger partial charge in [-0.25, -0.2) is 14.4 Å². The minimum absolute atomic E-state index is 0.0737. The standard InChI is InChI=1S/C24H28N4O6/c29-21(20-12-7-13-28(20)24(33)34-16-18-10-5-2-6-11-18)27-19(22(30)31)15-26-23(32)25-14-17-8-3-1-4-9-17/h1-6,8-11,19-20H,7,12-16H2,(H,27,29)(H,30,31)(H2,25,26,32)/t19-,20-/m0/s1. The summed E-state index contributed by atoms with van der Waals surface area (Å²) >= 11 is 0. The van der Waals surface area contributed by atoms with Crippen molar-refractivity contribution in [2.75, 3.05) is 13.1 Å². The van der Waals surface area contributed by atoms with E-state index in [2.05, 4.69) is 16.0 Å². The van der Waals surface area contributed by atoms with Crippen molar-refractivity contribution in [3.05, 3.63) is 71.8 Å². The van der Waals surface area contributed by atoms with Crippen LogP contribution in [0.1, 0.15) is 24.0 Å². The Labute approximate surface area is 197 Å². The van der Waals surface area contributed by atoms with Gasteiger partial charge < -0.3 is 25.8 Å². The maximum Gasteiger partial charge on any atom is 0.410 e. The van der Waals surface area contributed by atoms with Crippen LogP contribution in [-0.4, -0.2) is 59.2 Å². The molecule has 34 heavy (non-hydrogen) atoms. The lowest BCUT2D eigenvalue weighted by atomic mass is 10.2. The smallest absolute Gasteiger partial charge is 0.410 e. The third-order valence-corrected chi connectivity index (χ3v) is 5.37. The molecule has 1 aliphatic heterocycles. The zero-order chi connectivity index (χ0) is 24.3. The van der Waals surface area contributed by atoms with E-state index in [1.807, 2.05) is 60.7 Å².